The van der Waals surface area contributed by atoms with Crippen molar-refractivity contribution in [2.75, 3.05) is 5.32 Å². The summed E-state index contributed by atoms with van der Waals surface area (Å²) in [5.41, 5.74) is -4.77. The van der Waals surface area contributed by atoms with Gasteiger partial charge in [0, 0.05) is 24.9 Å². The maximum atomic E-state index is 12.4. The fourth-order valence-electron chi connectivity index (χ4n) is 1.41. The van der Waals surface area contributed by atoms with Crippen molar-refractivity contribution < 1.29 is 22.8 Å². The second kappa shape index (κ2) is 6.44. The van der Waals surface area contributed by atoms with Crippen LogP contribution in [0.2, 0.25) is 0 Å². The maximum absolute atomic E-state index is 12.4. The van der Waals surface area contributed by atoms with Crippen LogP contribution in [0.4, 0.5) is 18.3 Å². The number of hydrogen-bond donors (Lipinski definition) is 1. The number of hydrogen-bond acceptors (Lipinski definition) is 6. The SMILES string of the molecule is CC(=O)c1cnc(NC(=O)c2cccnc2SC(F)(F)F)s1. The van der Waals surface area contributed by atoms with E-state index in [4.69, 9.17) is 0 Å². The summed E-state index contributed by atoms with van der Waals surface area (Å²) in [6.07, 6.45) is 2.46. The first-order valence-electron chi connectivity index (χ1n) is 5.75. The summed E-state index contributed by atoms with van der Waals surface area (Å²) in [6, 6.07) is 2.59. The molecule has 2 heterocycles. The van der Waals surface area contributed by atoms with Crippen molar-refractivity contribution in [2.24, 2.45) is 0 Å². The summed E-state index contributed by atoms with van der Waals surface area (Å²) in [4.78, 5) is 30.9. The Hall–Kier alpha value is -1.94. The highest BCUT2D eigenvalue weighted by Crippen LogP contribution is 2.37. The van der Waals surface area contributed by atoms with Gasteiger partial charge >= 0.3 is 5.51 Å². The molecule has 0 bridgehead atoms. The van der Waals surface area contributed by atoms with Crippen LogP contribution in [0.15, 0.2) is 29.6 Å². The van der Waals surface area contributed by atoms with Gasteiger partial charge in [-0.25, -0.2) is 9.97 Å². The Labute approximate surface area is 131 Å². The van der Waals surface area contributed by atoms with Gasteiger partial charge in [0.25, 0.3) is 5.91 Å². The van der Waals surface area contributed by atoms with E-state index < -0.39 is 28.2 Å². The van der Waals surface area contributed by atoms with Crippen molar-refractivity contribution in [3.63, 3.8) is 0 Å². The summed E-state index contributed by atoms with van der Waals surface area (Å²) < 4.78 is 37.3. The average molecular weight is 347 g/mol. The standard InChI is InChI=1S/C12H8F3N3O2S2/c1-6(19)8-5-17-11(21-8)18-9(20)7-3-2-4-16-10(7)22-12(13,14)15/h2-5H,1H3,(H,17,18,20). The molecule has 0 saturated carbocycles. The summed E-state index contributed by atoms with van der Waals surface area (Å²) in [5.74, 6) is -0.989. The molecule has 22 heavy (non-hydrogen) atoms. The number of nitrogens with one attached hydrogen (secondary N) is 1. The molecule has 116 valence electrons. The van der Waals surface area contributed by atoms with Gasteiger partial charge in [-0.1, -0.05) is 11.3 Å². The zero-order valence-corrected chi connectivity index (χ0v) is 12.6. The topological polar surface area (TPSA) is 72.0 Å². The number of carbonyl (C=O) groups is 2. The fraction of sp³-hybridized carbons (Fsp3) is 0.167. The Bertz CT molecular complexity index is 716. The summed E-state index contributed by atoms with van der Waals surface area (Å²) in [7, 11) is 0. The third kappa shape index (κ3) is 4.28. The third-order valence-electron chi connectivity index (χ3n) is 2.30. The van der Waals surface area contributed by atoms with E-state index in [0.717, 1.165) is 11.3 Å². The monoisotopic (exact) mass is 347 g/mol. The van der Waals surface area contributed by atoms with Crippen molar-refractivity contribution in [1.29, 1.82) is 0 Å². The van der Waals surface area contributed by atoms with Gasteiger partial charge in [0.1, 0.15) is 5.03 Å². The number of rotatable bonds is 4. The zero-order valence-electron chi connectivity index (χ0n) is 11.0. The highest BCUT2D eigenvalue weighted by atomic mass is 32.2. The van der Waals surface area contributed by atoms with E-state index in [2.05, 4.69) is 15.3 Å². The van der Waals surface area contributed by atoms with Gasteiger partial charge in [-0.05, 0) is 12.1 Å². The minimum Gasteiger partial charge on any atom is -0.298 e. The molecule has 2 aromatic rings. The van der Waals surface area contributed by atoms with Crippen LogP contribution in [0.25, 0.3) is 0 Å². The minimum atomic E-state index is -4.55. The van der Waals surface area contributed by atoms with Gasteiger partial charge in [-0.3, -0.25) is 14.9 Å². The van der Waals surface area contributed by atoms with E-state index in [1.54, 1.807) is 0 Å². The predicted molar refractivity (Wildman–Crippen MR) is 76.2 cm³/mol. The van der Waals surface area contributed by atoms with Crippen LogP contribution in [-0.4, -0.2) is 27.2 Å². The molecule has 0 unspecified atom stereocenters. The van der Waals surface area contributed by atoms with E-state index in [1.807, 2.05) is 0 Å². The third-order valence-corrected chi connectivity index (χ3v) is 4.07. The van der Waals surface area contributed by atoms with E-state index in [-0.39, 0.29) is 16.5 Å². The lowest BCUT2D eigenvalue weighted by molar-refractivity contribution is -0.0329. The Kier molecular flexibility index (Phi) is 4.81. The number of thiazole rings is 1. The highest BCUT2D eigenvalue weighted by Gasteiger charge is 2.32. The lowest BCUT2D eigenvalue weighted by Gasteiger charge is -2.09. The van der Waals surface area contributed by atoms with Crippen molar-refractivity contribution in [2.45, 2.75) is 17.5 Å². The largest absolute Gasteiger partial charge is 0.447 e. The zero-order chi connectivity index (χ0) is 16.3. The van der Waals surface area contributed by atoms with Crippen molar-refractivity contribution in [3.8, 4) is 0 Å². The van der Waals surface area contributed by atoms with Gasteiger partial charge < -0.3 is 0 Å². The van der Waals surface area contributed by atoms with Gasteiger partial charge in [-0.2, -0.15) is 13.2 Å². The average Bonchev–Trinajstić information content (AvgIpc) is 2.86. The van der Waals surface area contributed by atoms with Crippen LogP contribution in [0, 0.1) is 0 Å². The van der Waals surface area contributed by atoms with Crippen LogP contribution < -0.4 is 5.32 Å². The number of pyridine rings is 1. The molecule has 2 aromatic heterocycles. The van der Waals surface area contributed by atoms with E-state index in [9.17, 15) is 22.8 Å². The molecule has 0 spiro atoms. The number of thioether (sulfide) groups is 1. The lowest BCUT2D eigenvalue weighted by Crippen LogP contribution is -2.14. The Balaban J connectivity index is 2.20. The number of Topliss-reactive ketones (excluding diaryl/α,β-unsaturated/α-hetero) is 1. The number of amides is 1. The molecule has 0 aliphatic heterocycles. The normalized spacial score (nSPS) is 11.3. The first kappa shape index (κ1) is 16.4. The van der Waals surface area contributed by atoms with Crippen LogP contribution in [-0.2, 0) is 0 Å². The van der Waals surface area contributed by atoms with Gasteiger partial charge in [0.15, 0.2) is 10.9 Å². The van der Waals surface area contributed by atoms with E-state index in [1.165, 1.54) is 31.5 Å². The summed E-state index contributed by atoms with van der Waals surface area (Å²) in [6.45, 7) is 1.35. The van der Waals surface area contributed by atoms with Crippen LogP contribution in [0.5, 0.6) is 0 Å². The molecule has 0 saturated heterocycles. The maximum Gasteiger partial charge on any atom is 0.447 e. The Morgan fingerprint density at radius 1 is 1.32 bits per heavy atom. The molecular weight excluding hydrogens is 339 g/mol. The number of alkyl halides is 3. The molecule has 0 aliphatic rings. The fourth-order valence-corrected chi connectivity index (χ4v) is 2.72. The van der Waals surface area contributed by atoms with Crippen LogP contribution in [0.3, 0.4) is 0 Å². The number of aromatic nitrogens is 2. The molecule has 2 rings (SSSR count). The second-order valence-electron chi connectivity index (χ2n) is 3.94. The van der Waals surface area contributed by atoms with E-state index in [0.29, 0.717) is 4.88 Å². The van der Waals surface area contributed by atoms with Gasteiger partial charge in [-0.15, -0.1) is 0 Å². The van der Waals surface area contributed by atoms with Gasteiger partial charge in [0.2, 0.25) is 0 Å². The molecule has 0 atom stereocenters. The molecule has 0 radical (unpaired) electrons. The molecule has 1 amide bonds. The lowest BCUT2D eigenvalue weighted by atomic mass is 10.3. The number of carbonyl (C=O) groups excluding carboxylic acids is 2. The van der Waals surface area contributed by atoms with Crippen molar-refractivity contribution in [3.05, 3.63) is 35.0 Å². The molecule has 0 fully saturated rings. The van der Waals surface area contributed by atoms with Crippen molar-refractivity contribution >= 4 is 39.9 Å². The number of anilines is 1. The smallest absolute Gasteiger partial charge is 0.298 e. The number of ketones is 1. The molecule has 1 N–H and O–H groups in total. The molecule has 0 aliphatic carbocycles. The predicted octanol–water partition coefficient (Wildman–Crippen LogP) is 3.60. The van der Waals surface area contributed by atoms with Crippen LogP contribution in [0.1, 0.15) is 27.0 Å². The summed E-state index contributed by atoms with van der Waals surface area (Å²) in [5, 5.41) is 2.03. The summed E-state index contributed by atoms with van der Waals surface area (Å²) >= 11 is 0.474. The molecular formula is C12H8F3N3O2S2. The van der Waals surface area contributed by atoms with Crippen LogP contribution >= 0.6 is 23.1 Å². The van der Waals surface area contributed by atoms with E-state index >= 15 is 0 Å². The first-order valence-corrected chi connectivity index (χ1v) is 7.38. The van der Waals surface area contributed by atoms with Gasteiger partial charge in [0.05, 0.1) is 16.6 Å². The Morgan fingerprint density at radius 3 is 2.64 bits per heavy atom. The quantitative estimate of drug-likeness (QED) is 0.676. The number of halogens is 3. The molecule has 0 aromatic carbocycles. The number of nitrogens with zero attached hydrogens (tertiary/aromatic N) is 2. The molecule has 5 nitrogen and oxygen atoms in total. The Morgan fingerprint density at radius 2 is 2.05 bits per heavy atom. The first-order chi connectivity index (χ1) is 10.3. The minimum absolute atomic E-state index is 0.127. The molecule has 10 heteroatoms. The highest BCUT2D eigenvalue weighted by molar-refractivity contribution is 8.00. The second-order valence-corrected chi connectivity index (χ2v) is 6.03. The van der Waals surface area contributed by atoms with Crippen molar-refractivity contribution in [1.82, 2.24) is 9.97 Å².